The normalized spacial score (nSPS) is 21.8. The van der Waals surface area contributed by atoms with Crippen LogP contribution in [0, 0.1) is 11.7 Å². The quantitative estimate of drug-likeness (QED) is 0.697. The van der Waals surface area contributed by atoms with Gasteiger partial charge in [-0.3, -0.25) is 4.79 Å². The summed E-state index contributed by atoms with van der Waals surface area (Å²) in [5, 5.41) is 0. The van der Waals surface area contributed by atoms with Gasteiger partial charge in [-0.25, -0.2) is 4.39 Å². The third-order valence-electron chi connectivity index (χ3n) is 3.30. The predicted molar refractivity (Wildman–Crippen MR) is 61.7 cm³/mol. The molecule has 1 nitrogen and oxygen atoms in total. The van der Waals surface area contributed by atoms with Gasteiger partial charge < -0.3 is 0 Å². The number of ketones is 1. The molecule has 2 heteroatoms. The van der Waals surface area contributed by atoms with E-state index in [-0.39, 0.29) is 11.7 Å². The minimum absolute atomic E-state index is 0.115. The van der Waals surface area contributed by atoms with Crippen molar-refractivity contribution in [1.29, 1.82) is 0 Å². The lowest BCUT2D eigenvalue weighted by Crippen LogP contribution is -2.15. The molecule has 0 amide bonds. The molecule has 0 radical (unpaired) electrons. The van der Waals surface area contributed by atoms with E-state index in [1.165, 1.54) is 12.1 Å². The Morgan fingerprint density at radius 1 is 1.25 bits per heavy atom. The van der Waals surface area contributed by atoms with Crippen LogP contribution in [0.4, 0.5) is 4.39 Å². The summed E-state index contributed by atoms with van der Waals surface area (Å²) in [4.78, 5) is 11.8. The van der Waals surface area contributed by atoms with Crippen molar-refractivity contribution in [1.82, 2.24) is 0 Å². The van der Waals surface area contributed by atoms with E-state index in [4.69, 9.17) is 0 Å². The van der Waals surface area contributed by atoms with Crippen LogP contribution < -0.4 is 0 Å². The van der Waals surface area contributed by atoms with Crippen molar-refractivity contribution in [2.45, 2.75) is 38.5 Å². The van der Waals surface area contributed by atoms with Crippen molar-refractivity contribution in [3.63, 3.8) is 0 Å². The molecule has 16 heavy (non-hydrogen) atoms. The minimum Gasteiger partial charge on any atom is -0.299 e. The van der Waals surface area contributed by atoms with Crippen LogP contribution in [0.25, 0.3) is 0 Å². The number of hydrogen-bond acceptors (Lipinski definition) is 1. The molecule has 1 aliphatic rings. The van der Waals surface area contributed by atoms with Crippen LogP contribution >= 0.6 is 0 Å². The summed E-state index contributed by atoms with van der Waals surface area (Å²) in [5.74, 6) is 0.268. The molecule has 0 N–H and O–H groups in total. The number of halogens is 1. The molecule has 0 aliphatic heterocycles. The summed E-state index contributed by atoms with van der Waals surface area (Å²) in [6.07, 6.45) is 5.70. The number of rotatable bonds is 2. The van der Waals surface area contributed by atoms with Crippen molar-refractivity contribution >= 4 is 5.78 Å². The highest BCUT2D eigenvalue weighted by molar-refractivity contribution is 5.81. The zero-order valence-electron chi connectivity index (χ0n) is 9.42. The fourth-order valence-corrected chi connectivity index (χ4v) is 2.40. The molecule has 0 saturated heterocycles. The molecule has 1 aromatic carbocycles. The maximum Gasteiger partial charge on any atom is 0.136 e. The van der Waals surface area contributed by atoms with E-state index in [1.807, 2.05) is 6.07 Å². The molecule has 1 unspecified atom stereocenters. The molecule has 0 spiro atoms. The first kappa shape index (κ1) is 11.3. The molecule has 1 aliphatic carbocycles. The van der Waals surface area contributed by atoms with Crippen LogP contribution in [0.1, 0.15) is 37.7 Å². The van der Waals surface area contributed by atoms with Gasteiger partial charge >= 0.3 is 0 Å². The van der Waals surface area contributed by atoms with E-state index in [9.17, 15) is 9.18 Å². The molecule has 1 aromatic rings. The number of benzene rings is 1. The van der Waals surface area contributed by atoms with Crippen molar-refractivity contribution in [3.05, 3.63) is 35.6 Å². The van der Waals surface area contributed by atoms with E-state index < -0.39 is 0 Å². The van der Waals surface area contributed by atoms with Crippen LogP contribution in [-0.2, 0) is 11.2 Å². The highest BCUT2D eigenvalue weighted by Crippen LogP contribution is 2.23. The van der Waals surface area contributed by atoms with Crippen LogP contribution in [0.15, 0.2) is 24.3 Å². The van der Waals surface area contributed by atoms with Gasteiger partial charge in [-0.15, -0.1) is 0 Å². The van der Waals surface area contributed by atoms with Gasteiger partial charge in [-0.2, -0.15) is 0 Å². The maximum absolute atomic E-state index is 13.0. The van der Waals surface area contributed by atoms with Crippen molar-refractivity contribution in [2.75, 3.05) is 0 Å². The Kier molecular flexibility index (Phi) is 3.70. The predicted octanol–water partition coefficient (Wildman–Crippen LogP) is 3.52. The van der Waals surface area contributed by atoms with E-state index in [2.05, 4.69) is 0 Å². The Morgan fingerprint density at radius 3 is 2.94 bits per heavy atom. The summed E-state index contributed by atoms with van der Waals surface area (Å²) >= 11 is 0. The smallest absolute Gasteiger partial charge is 0.136 e. The lowest BCUT2D eigenvalue weighted by atomic mass is 9.91. The third-order valence-corrected chi connectivity index (χ3v) is 3.30. The summed E-state index contributed by atoms with van der Waals surface area (Å²) in [6.45, 7) is 0. The van der Waals surface area contributed by atoms with Crippen LogP contribution in [0.5, 0.6) is 0 Å². The average Bonchev–Trinajstić information content (AvgIpc) is 2.45. The van der Waals surface area contributed by atoms with Crippen LogP contribution in [0.3, 0.4) is 0 Å². The largest absolute Gasteiger partial charge is 0.299 e. The Balaban J connectivity index is 2.05. The van der Waals surface area contributed by atoms with Gasteiger partial charge in [-0.1, -0.05) is 25.0 Å². The van der Waals surface area contributed by atoms with Crippen LogP contribution in [0.2, 0.25) is 0 Å². The lowest BCUT2D eigenvalue weighted by Gasteiger charge is -2.12. The first-order chi connectivity index (χ1) is 7.75. The van der Waals surface area contributed by atoms with Gasteiger partial charge in [0, 0.05) is 12.3 Å². The van der Waals surface area contributed by atoms with Gasteiger partial charge in [0.25, 0.3) is 0 Å². The molecule has 1 fully saturated rings. The van der Waals surface area contributed by atoms with Gasteiger partial charge in [0.15, 0.2) is 0 Å². The third kappa shape index (κ3) is 2.91. The van der Waals surface area contributed by atoms with E-state index in [0.717, 1.165) is 31.2 Å². The summed E-state index contributed by atoms with van der Waals surface area (Å²) < 4.78 is 13.0. The lowest BCUT2D eigenvalue weighted by molar-refractivity contribution is -0.122. The zero-order chi connectivity index (χ0) is 11.4. The Bertz CT molecular complexity index is 373. The molecule has 0 heterocycles. The Morgan fingerprint density at radius 2 is 2.12 bits per heavy atom. The number of carbonyl (C=O) groups is 1. The minimum atomic E-state index is -0.210. The SMILES string of the molecule is O=C1CCCCCC1Cc1cccc(F)c1. The van der Waals surface area contributed by atoms with Gasteiger partial charge in [0.05, 0.1) is 0 Å². The second-order valence-corrected chi connectivity index (χ2v) is 4.60. The van der Waals surface area contributed by atoms with E-state index in [1.54, 1.807) is 6.07 Å². The van der Waals surface area contributed by atoms with Crippen molar-refractivity contribution < 1.29 is 9.18 Å². The number of carbonyl (C=O) groups excluding carboxylic acids is 1. The zero-order valence-corrected chi connectivity index (χ0v) is 9.42. The molecule has 86 valence electrons. The molecular formula is C14H17FO. The Labute approximate surface area is 95.7 Å². The molecule has 1 atom stereocenters. The van der Waals surface area contributed by atoms with E-state index >= 15 is 0 Å². The first-order valence-electron chi connectivity index (χ1n) is 6.03. The topological polar surface area (TPSA) is 17.1 Å². The van der Waals surface area contributed by atoms with Gasteiger partial charge in [0.2, 0.25) is 0 Å². The van der Waals surface area contributed by atoms with Gasteiger partial charge in [-0.05, 0) is 37.0 Å². The molecule has 0 bridgehead atoms. The highest BCUT2D eigenvalue weighted by atomic mass is 19.1. The fraction of sp³-hybridized carbons (Fsp3) is 0.500. The second-order valence-electron chi connectivity index (χ2n) is 4.60. The monoisotopic (exact) mass is 220 g/mol. The molecule has 2 rings (SSSR count). The van der Waals surface area contributed by atoms with Crippen LogP contribution in [-0.4, -0.2) is 5.78 Å². The fourth-order valence-electron chi connectivity index (χ4n) is 2.40. The van der Waals surface area contributed by atoms with Crippen molar-refractivity contribution in [3.8, 4) is 0 Å². The maximum atomic E-state index is 13.0. The highest BCUT2D eigenvalue weighted by Gasteiger charge is 2.20. The molecular weight excluding hydrogens is 203 g/mol. The first-order valence-corrected chi connectivity index (χ1v) is 6.03. The summed E-state index contributed by atoms with van der Waals surface area (Å²) in [6, 6.07) is 6.60. The van der Waals surface area contributed by atoms with E-state index in [0.29, 0.717) is 18.6 Å². The molecule has 1 saturated carbocycles. The van der Waals surface area contributed by atoms with Crippen molar-refractivity contribution in [2.24, 2.45) is 5.92 Å². The number of hydrogen-bond donors (Lipinski definition) is 0. The molecule has 0 aromatic heterocycles. The summed E-state index contributed by atoms with van der Waals surface area (Å²) in [5.41, 5.74) is 0.945. The number of Topliss-reactive ketones (excluding diaryl/α,β-unsaturated/α-hetero) is 1. The Hall–Kier alpha value is -1.18. The average molecular weight is 220 g/mol. The van der Waals surface area contributed by atoms with Gasteiger partial charge in [0.1, 0.15) is 11.6 Å². The second kappa shape index (κ2) is 5.24. The summed E-state index contributed by atoms with van der Waals surface area (Å²) in [7, 11) is 0. The standard InChI is InChI=1S/C14H17FO/c15-13-7-4-5-11(10-13)9-12-6-2-1-3-8-14(12)16/h4-5,7,10,12H,1-3,6,8-9H2.